The van der Waals surface area contributed by atoms with Gasteiger partial charge in [-0.2, -0.15) is 10.1 Å². The second kappa shape index (κ2) is 6.26. The molecule has 1 saturated carbocycles. The fourth-order valence-electron chi connectivity index (χ4n) is 3.71. The Kier molecular flexibility index (Phi) is 3.71. The summed E-state index contributed by atoms with van der Waals surface area (Å²) < 4.78 is 7.25. The monoisotopic (exact) mass is 373 g/mol. The summed E-state index contributed by atoms with van der Waals surface area (Å²) in [6.07, 6.45) is 10.2. The summed E-state index contributed by atoms with van der Waals surface area (Å²) in [5, 5.41) is 8.48. The number of nitrogens with zero attached hydrogens (tertiary/aromatic N) is 6. The van der Waals surface area contributed by atoms with Gasteiger partial charge >= 0.3 is 0 Å². The minimum absolute atomic E-state index is 0.194. The SMILES string of the molecule is Cn1cc(-c2nc(C3(c4ccc(-c5cnc(N)nc5)cc4)CCC3)no2)cn1. The summed E-state index contributed by atoms with van der Waals surface area (Å²) in [4.78, 5) is 12.8. The average Bonchev–Trinajstić information content (AvgIpc) is 3.32. The molecule has 0 unspecified atom stereocenters. The number of rotatable bonds is 4. The van der Waals surface area contributed by atoms with Crippen LogP contribution in [0, 0.1) is 0 Å². The Morgan fingerprint density at radius 2 is 1.75 bits per heavy atom. The molecule has 0 bridgehead atoms. The molecule has 3 aromatic heterocycles. The predicted octanol–water partition coefficient (Wildman–Crippen LogP) is 2.98. The third kappa shape index (κ3) is 2.65. The van der Waals surface area contributed by atoms with Gasteiger partial charge in [-0.3, -0.25) is 4.68 Å². The molecule has 8 nitrogen and oxygen atoms in total. The van der Waals surface area contributed by atoms with Gasteiger partial charge in [-0.1, -0.05) is 35.8 Å². The molecule has 0 saturated heterocycles. The van der Waals surface area contributed by atoms with E-state index >= 15 is 0 Å². The minimum Gasteiger partial charge on any atom is -0.368 e. The summed E-state index contributed by atoms with van der Waals surface area (Å²) in [7, 11) is 1.86. The van der Waals surface area contributed by atoms with E-state index < -0.39 is 0 Å². The van der Waals surface area contributed by atoms with Crippen LogP contribution in [-0.2, 0) is 12.5 Å². The van der Waals surface area contributed by atoms with E-state index in [1.54, 1.807) is 23.3 Å². The zero-order valence-electron chi connectivity index (χ0n) is 15.4. The van der Waals surface area contributed by atoms with Crippen LogP contribution in [0.4, 0.5) is 5.95 Å². The normalized spacial score (nSPS) is 15.3. The van der Waals surface area contributed by atoms with Crippen molar-refractivity contribution in [3.8, 4) is 22.6 Å². The first-order valence-corrected chi connectivity index (χ1v) is 9.16. The maximum atomic E-state index is 5.57. The fourth-order valence-corrected chi connectivity index (χ4v) is 3.71. The Balaban J connectivity index is 1.47. The Labute approximate surface area is 161 Å². The molecule has 0 radical (unpaired) electrons. The molecule has 0 spiro atoms. The molecule has 2 N–H and O–H groups in total. The van der Waals surface area contributed by atoms with E-state index in [4.69, 9.17) is 10.3 Å². The Morgan fingerprint density at radius 1 is 1.00 bits per heavy atom. The molecular formula is C20H19N7O. The number of anilines is 1. The molecule has 1 fully saturated rings. The first-order valence-electron chi connectivity index (χ1n) is 9.16. The molecule has 8 heteroatoms. The fraction of sp³-hybridized carbons (Fsp3) is 0.250. The van der Waals surface area contributed by atoms with E-state index in [2.05, 4.69) is 49.5 Å². The van der Waals surface area contributed by atoms with Crippen LogP contribution in [0.1, 0.15) is 30.7 Å². The van der Waals surface area contributed by atoms with Gasteiger partial charge in [0.1, 0.15) is 0 Å². The van der Waals surface area contributed by atoms with Crippen LogP contribution >= 0.6 is 0 Å². The van der Waals surface area contributed by atoms with E-state index in [0.29, 0.717) is 5.89 Å². The van der Waals surface area contributed by atoms with Crippen molar-refractivity contribution < 1.29 is 4.52 Å². The Morgan fingerprint density at radius 3 is 2.36 bits per heavy atom. The lowest BCUT2D eigenvalue weighted by molar-refractivity contribution is 0.273. The van der Waals surface area contributed by atoms with Crippen molar-refractivity contribution in [3.63, 3.8) is 0 Å². The smallest absolute Gasteiger partial charge is 0.261 e. The van der Waals surface area contributed by atoms with E-state index in [1.165, 1.54) is 5.56 Å². The van der Waals surface area contributed by atoms with Crippen molar-refractivity contribution in [2.24, 2.45) is 7.05 Å². The predicted molar refractivity (Wildman–Crippen MR) is 103 cm³/mol. The van der Waals surface area contributed by atoms with Crippen LogP contribution < -0.4 is 5.73 Å². The number of hydrogen-bond donors (Lipinski definition) is 1. The highest BCUT2D eigenvalue weighted by Gasteiger charge is 2.44. The summed E-state index contributed by atoms with van der Waals surface area (Å²) in [6, 6.07) is 8.41. The van der Waals surface area contributed by atoms with Gasteiger partial charge in [0.15, 0.2) is 5.82 Å². The number of hydrogen-bond acceptors (Lipinski definition) is 7. The minimum atomic E-state index is -0.194. The number of aromatic nitrogens is 6. The van der Waals surface area contributed by atoms with Crippen LogP contribution in [0.25, 0.3) is 22.6 Å². The molecule has 1 aromatic carbocycles. The topological polar surface area (TPSA) is 109 Å². The van der Waals surface area contributed by atoms with Gasteiger partial charge < -0.3 is 10.3 Å². The lowest BCUT2D eigenvalue weighted by Crippen LogP contribution is -2.36. The van der Waals surface area contributed by atoms with Gasteiger partial charge in [0.2, 0.25) is 5.95 Å². The number of benzene rings is 1. The van der Waals surface area contributed by atoms with E-state index in [-0.39, 0.29) is 11.4 Å². The quantitative estimate of drug-likeness (QED) is 0.586. The maximum absolute atomic E-state index is 5.57. The first-order chi connectivity index (χ1) is 13.6. The van der Waals surface area contributed by atoms with Gasteiger partial charge in [-0.05, 0) is 24.0 Å². The second-order valence-corrected chi connectivity index (χ2v) is 7.17. The Hall–Kier alpha value is -3.55. The highest BCUT2D eigenvalue weighted by molar-refractivity contribution is 5.63. The van der Waals surface area contributed by atoms with Crippen molar-refractivity contribution in [3.05, 3.63) is 60.4 Å². The van der Waals surface area contributed by atoms with E-state index in [9.17, 15) is 0 Å². The highest BCUT2D eigenvalue weighted by Crippen LogP contribution is 2.48. The molecule has 0 atom stereocenters. The Bertz CT molecular complexity index is 1110. The average molecular weight is 373 g/mol. The van der Waals surface area contributed by atoms with Crippen LogP contribution in [-0.4, -0.2) is 29.9 Å². The lowest BCUT2D eigenvalue weighted by Gasteiger charge is -2.39. The molecule has 0 aliphatic heterocycles. The molecule has 4 aromatic rings. The molecule has 1 aliphatic carbocycles. The van der Waals surface area contributed by atoms with Gasteiger partial charge in [-0.15, -0.1) is 0 Å². The number of nitrogen functional groups attached to an aromatic ring is 1. The number of nitrogens with two attached hydrogens (primary N) is 1. The van der Waals surface area contributed by atoms with Gasteiger partial charge in [-0.25, -0.2) is 9.97 Å². The third-order valence-electron chi connectivity index (χ3n) is 5.46. The van der Waals surface area contributed by atoms with Crippen molar-refractivity contribution in [1.82, 2.24) is 29.9 Å². The largest absolute Gasteiger partial charge is 0.368 e. The van der Waals surface area contributed by atoms with E-state index in [0.717, 1.165) is 41.8 Å². The van der Waals surface area contributed by atoms with E-state index in [1.807, 2.05) is 13.2 Å². The maximum Gasteiger partial charge on any atom is 0.261 e. The molecule has 3 heterocycles. The van der Waals surface area contributed by atoms with Gasteiger partial charge in [0.25, 0.3) is 5.89 Å². The van der Waals surface area contributed by atoms with Crippen LogP contribution in [0.5, 0.6) is 0 Å². The molecule has 0 amide bonds. The summed E-state index contributed by atoms with van der Waals surface area (Å²) in [6.45, 7) is 0. The van der Waals surface area contributed by atoms with Crippen LogP contribution in [0.15, 0.2) is 53.6 Å². The zero-order valence-corrected chi connectivity index (χ0v) is 15.4. The van der Waals surface area contributed by atoms with Gasteiger partial charge in [0.05, 0.1) is 17.2 Å². The lowest BCUT2D eigenvalue weighted by atomic mass is 9.64. The van der Waals surface area contributed by atoms with Crippen molar-refractivity contribution in [1.29, 1.82) is 0 Å². The molecule has 28 heavy (non-hydrogen) atoms. The highest BCUT2D eigenvalue weighted by atomic mass is 16.5. The first kappa shape index (κ1) is 16.6. The molecule has 140 valence electrons. The molecular weight excluding hydrogens is 354 g/mol. The van der Waals surface area contributed by atoms with Crippen molar-refractivity contribution in [2.45, 2.75) is 24.7 Å². The second-order valence-electron chi connectivity index (χ2n) is 7.17. The van der Waals surface area contributed by atoms with Crippen molar-refractivity contribution in [2.75, 3.05) is 5.73 Å². The van der Waals surface area contributed by atoms with Crippen LogP contribution in [0.3, 0.4) is 0 Å². The number of aryl methyl sites for hydroxylation is 1. The summed E-state index contributed by atoms with van der Waals surface area (Å²) >= 11 is 0. The van der Waals surface area contributed by atoms with Crippen LogP contribution in [0.2, 0.25) is 0 Å². The summed E-state index contributed by atoms with van der Waals surface area (Å²) in [5.41, 5.74) is 9.37. The van der Waals surface area contributed by atoms with Crippen molar-refractivity contribution >= 4 is 5.95 Å². The van der Waals surface area contributed by atoms with Gasteiger partial charge in [0, 0.05) is 31.2 Å². The standard InChI is InChI=1S/C20H19N7O/c1-27-12-15(11-24-27)17-25-18(26-28-17)20(7-2-8-20)16-5-3-13(4-6-16)14-9-22-19(21)23-10-14/h3-6,9-12H,2,7-8H2,1H3,(H2,21,22,23). The molecule has 1 aliphatic rings. The zero-order chi connectivity index (χ0) is 19.1. The molecule has 5 rings (SSSR count). The third-order valence-corrected chi connectivity index (χ3v) is 5.46. The summed E-state index contributed by atoms with van der Waals surface area (Å²) in [5.74, 6) is 1.52.